The van der Waals surface area contributed by atoms with Gasteiger partial charge < -0.3 is 4.74 Å². The van der Waals surface area contributed by atoms with Crippen molar-refractivity contribution >= 4 is 15.9 Å². The molecule has 0 bridgehead atoms. The lowest BCUT2D eigenvalue weighted by atomic mass is 10.2. The van der Waals surface area contributed by atoms with Gasteiger partial charge in [-0.15, -0.1) is 0 Å². The maximum absolute atomic E-state index is 13.0. The quantitative estimate of drug-likeness (QED) is 0.794. The van der Waals surface area contributed by atoms with Crippen LogP contribution < -0.4 is 0 Å². The van der Waals surface area contributed by atoms with Gasteiger partial charge >= 0.3 is 0 Å². The maximum atomic E-state index is 13.0. The molecule has 1 aliphatic heterocycles. The van der Waals surface area contributed by atoms with Crippen molar-refractivity contribution in [2.45, 2.75) is 12.6 Å². The summed E-state index contributed by atoms with van der Waals surface area (Å²) in [4.78, 5) is 6.14. The molecule has 0 N–H and O–H groups in total. The van der Waals surface area contributed by atoms with Crippen molar-refractivity contribution in [2.24, 2.45) is 0 Å². The zero-order valence-electron chi connectivity index (χ0n) is 8.90. The fraction of sp³-hybridized carbons (Fsp3) is 0.545. The number of halogens is 2. The smallest absolute Gasteiger partial charge is 0.141 e. The lowest BCUT2D eigenvalue weighted by Crippen LogP contribution is -2.45. The van der Waals surface area contributed by atoms with Crippen molar-refractivity contribution in [3.05, 3.63) is 29.8 Å². The van der Waals surface area contributed by atoms with E-state index in [4.69, 9.17) is 4.74 Å². The average molecular weight is 289 g/mol. The van der Waals surface area contributed by atoms with Gasteiger partial charge in [-0.3, -0.25) is 9.88 Å². The third-order valence-electron chi connectivity index (χ3n) is 2.67. The maximum Gasteiger partial charge on any atom is 0.141 e. The van der Waals surface area contributed by atoms with E-state index in [2.05, 4.69) is 25.8 Å². The molecule has 0 saturated carbocycles. The second kappa shape index (κ2) is 5.70. The first-order chi connectivity index (χ1) is 7.79. The van der Waals surface area contributed by atoms with Gasteiger partial charge in [-0.25, -0.2) is 4.39 Å². The van der Waals surface area contributed by atoms with Crippen LogP contribution in [0, 0.1) is 5.82 Å². The molecule has 16 heavy (non-hydrogen) atoms. The van der Waals surface area contributed by atoms with Crippen LogP contribution >= 0.6 is 15.9 Å². The minimum Gasteiger partial charge on any atom is -0.378 e. The van der Waals surface area contributed by atoms with E-state index in [0.717, 1.165) is 37.2 Å². The summed E-state index contributed by atoms with van der Waals surface area (Å²) in [7, 11) is 0. The van der Waals surface area contributed by atoms with Crippen LogP contribution in [0.4, 0.5) is 4.39 Å². The summed E-state index contributed by atoms with van der Waals surface area (Å²) >= 11 is 3.47. The molecule has 0 amide bonds. The van der Waals surface area contributed by atoms with E-state index in [1.807, 2.05) is 0 Å². The Hall–Kier alpha value is -0.520. The van der Waals surface area contributed by atoms with Crippen LogP contribution in [0.1, 0.15) is 5.56 Å². The van der Waals surface area contributed by atoms with E-state index < -0.39 is 0 Å². The van der Waals surface area contributed by atoms with Crippen LogP contribution in [0.15, 0.2) is 18.5 Å². The van der Waals surface area contributed by atoms with Crippen LogP contribution in [-0.4, -0.2) is 41.0 Å². The molecule has 1 unspecified atom stereocenters. The average Bonchev–Trinajstić information content (AvgIpc) is 2.30. The normalized spacial score (nSPS) is 22.2. The van der Waals surface area contributed by atoms with Crippen molar-refractivity contribution in [3.63, 3.8) is 0 Å². The molecule has 0 radical (unpaired) electrons. The summed E-state index contributed by atoms with van der Waals surface area (Å²) in [5, 5.41) is 0.871. The highest BCUT2D eigenvalue weighted by Crippen LogP contribution is 2.14. The minimum atomic E-state index is -0.277. The molecule has 0 aliphatic carbocycles. The third kappa shape index (κ3) is 2.99. The SMILES string of the molecule is Fc1cncc(CN2CCOCC2CBr)c1. The predicted molar refractivity (Wildman–Crippen MR) is 63.0 cm³/mol. The van der Waals surface area contributed by atoms with Crippen LogP contribution in [0.2, 0.25) is 0 Å². The van der Waals surface area contributed by atoms with E-state index in [1.165, 1.54) is 12.3 Å². The summed E-state index contributed by atoms with van der Waals surface area (Å²) in [6, 6.07) is 1.89. The Labute approximate surface area is 103 Å². The fourth-order valence-corrected chi connectivity index (χ4v) is 2.41. The number of hydrogen-bond acceptors (Lipinski definition) is 3. The van der Waals surface area contributed by atoms with Crippen molar-refractivity contribution in [3.8, 4) is 0 Å². The molecule has 1 atom stereocenters. The number of alkyl halides is 1. The van der Waals surface area contributed by atoms with E-state index in [0.29, 0.717) is 6.04 Å². The molecular formula is C11H14BrFN2O. The van der Waals surface area contributed by atoms with Gasteiger partial charge in [0.05, 0.1) is 19.4 Å². The first-order valence-electron chi connectivity index (χ1n) is 5.27. The first-order valence-corrected chi connectivity index (χ1v) is 6.39. The van der Waals surface area contributed by atoms with Crippen LogP contribution in [0.5, 0.6) is 0 Å². The summed E-state index contributed by atoms with van der Waals surface area (Å²) in [5.74, 6) is -0.277. The molecule has 1 fully saturated rings. The van der Waals surface area contributed by atoms with Gasteiger partial charge in [0, 0.05) is 30.7 Å². The number of morpholine rings is 1. The van der Waals surface area contributed by atoms with Crippen LogP contribution in [0.3, 0.4) is 0 Å². The van der Waals surface area contributed by atoms with Gasteiger partial charge in [0.25, 0.3) is 0 Å². The topological polar surface area (TPSA) is 25.4 Å². The molecule has 2 rings (SSSR count). The summed E-state index contributed by atoms with van der Waals surface area (Å²) < 4.78 is 18.4. The van der Waals surface area contributed by atoms with Crippen molar-refractivity contribution < 1.29 is 9.13 Å². The Kier molecular flexibility index (Phi) is 4.26. The molecule has 2 heterocycles. The lowest BCUT2D eigenvalue weighted by molar-refractivity contribution is -0.00220. The molecule has 88 valence electrons. The van der Waals surface area contributed by atoms with E-state index in [-0.39, 0.29) is 5.82 Å². The second-order valence-corrected chi connectivity index (χ2v) is 4.51. The highest BCUT2D eigenvalue weighted by molar-refractivity contribution is 9.09. The second-order valence-electron chi connectivity index (χ2n) is 3.86. The zero-order valence-corrected chi connectivity index (χ0v) is 10.5. The molecule has 1 aromatic heterocycles. The van der Waals surface area contributed by atoms with E-state index in [9.17, 15) is 4.39 Å². The number of aromatic nitrogens is 1. The van der Waals surface area contributed by atoms with E-state index >= 15 is 0 Å². The monoisotopic (exact) mass is 288 g/mol. The summed E-state index contributed by atoms with van der Waals surface area (Å²) in [6.45, 7) is 3.08. The molecule has 1 saturated heterocycles. The van der Waals surface area contributed by atoms with Gasteiger partial charge in [0.15, 0.2) is 0 Å². The van der Waals surface area contributed by atoms with Gasteiger partial charge in [-0.2, -0.15) is 0 Å². The van der Waals surface area contributed by atoms with Crippen molar-refractivity contribution in [1.82, 2.24) is 9.88 Å². The number of hydrogen-bond donors (Lipinski definition) is 0. The Bertz CT molecular complexity index is 351. The zero-order chi connectivity index (χ0) is 11.4. The van der Waals surface area contributed by atoms with Gasteiger partial charge in [-0.1, -0.05) is 15.9 Å². The number of ether oxygens (including phenoxy) is 1. The van der Waals surface area contributed by atoms with Gasteiger partial charge in [0.1, 0.15) is 5.82 Å². The predicted octanol–water partition coefficient (Wildman–Crippen LogP) is 1.82. The molecule has 0 spiro atoms. The van der Waals surface area contributed by atoms with Crippen molar-refractivity contribution in [2.75, 3.05) is 25.1 Å². The third-order valence-corrected chi connectivity index (χ3v) is 3.42. The lowest BCUT2D eigenvalue weighted by Gasteiger charge is -2.34. The fourth-order valence-electron chi connectivity index (χ4n) is 1.82. The van der Waals surface area contributed by atoms with E-state index in [1.54, 1.807) is 6.20 Å². The molecule has 0 aromatic carbocycles. The Morgan fingerprint density at radius 1 is 1.56 bits per heavy atom. The molecule has 1 aromatic rings. The number of nitrogens with zero attached hydrogens (tertiary/aromatic N) is 2. The Balaban J connectivity index is 2.02. The van der Waals surface area contributed by atoms with Gasteiger partial charge in [-0.05, 0) is 11.6 Å². The Morgan fingerprint density at radius 2 is 2.44 bits per heavy atom. The first kappa shape index (κ1) is 12.0. The largest absolute Gasteiger partial charge is 0.378 e. The summed E-state index contributed by atoms with van der Waals surface area (Å²) in [6.07, 6.45) is 2.94. The molecule has 5 heteroatoms. The minimum absolute atomic E-state index is 0.277. The number of rotatable bonds is 3. The Morgan fingerprint density at radius 3 is 3.19 bits per heavy atom. The summed E-state index contributed by atoms with van der Waals surface area (Å²) in [5.41, 5.74) is 0.910. The van der Waals surface area contributed by atoms with Crippen molar-refractivity contribution in [1.29, 1.82) is 0 Å². The standard InChI is InChI=1S/C11H14BrFN2O/c12-4-11-8-16-2-1-15(11)7-9-3-10(13)6-14-5-9/h3,5-6,11H,1-2,4,7-8H2. The van der Waals surface area contributed by atoms with Crippen LogP contribution in [-0.2, 0) is 11.3 Å². The highest BCUT2D eigenvalue weighted by atomic mass is 79.9. The molecular weight excluding hydrogens is 275 g/mol. The number of pyridine rings is 1. The molecule has 3 nitrogen and oxygen atoms in total. The molecule has 1 aliphatic rings. The van der Waals surface area contributed by atoms with Crippen LogP contribution in [0.25, 0.3) is 0 Å². The van der Waals surface area contributed by atoms with Gasteiger partial charge in [0.2, 0.25) is 0 Å². The highest BCUT2D eigenvalue weighted by Gasteiger charge is 2.21.